The lowest BCUT2D eigenvalue weighted by Gasteiger charge is -2.16. The van der Waals surface area contributed by atoms with Crippen molar-refractivity contribution < 1.29 is 4.79 Å². The van der Waals surface area contributed by atoms with Gasteiger partial charge in [0.1, 0.15) is 6.67 Å². The highest BCUT2D eigenvalue weighted by Gasteiger charge is 2.14. The molecule has 0 saturated heterocycles. The summed E-state index contributed by atoms with van der Waals surface area (Å²) in [6.07, 6.45) is 4.93. The highest BCUT2D eigenvalue weighted by Crippen LogP contribution is 2.17. The van der Waals surface area contributed by atoms with Gasteiger partial charge in [-0.25, -0.2) is 0 Å². The van der Waals surface area contributed by atoms with Crippen molar-refractivity contribution in [2.45, 2.75) is 20.3 Å². The van der Waals surface area contributed by atoms with E-state index in [-0.39, 0.29) is 5.91 Å². The number of amides is 1. The summed E-state index contributed by atoms with van der Waals surface area (Å²) in [6, 6.07) is 0. The lowest BCUT2D eigenvalue weighted by atomic mass is 10.6. The Morgan fingerprint density at radius 2 is 2.33 bits per heavy atom. The number of hydrogen-bond acceptors (Lipinski definition) is 3. The van der Waals surface area contributed by atoms with Crippen molar-refractivity contribution in [1.82, 2.24) is 9.21 Å². The second-order valence-corrected chi connectivity index (χ2v) is 3.81. The van der Waals surface area contributed by atoms with Crippen LogP contribution in [0, 0.1) is 0 Å². The Morgan fingerprint density at radius 1 is 1.58 bits per heavy atom. The Labute approximate surface area is 77.5 Å². The third-order valence-electron chi connectivity index (χ3n) is 1.57. The van der Waals surface area contributed by atoms with Crippen LogP contribution in [-0.4, -0.2) is 27.5 Å². The predicted molar refractivity (Wildman–Crippen MR) is 51.1 cm³/mol. The molecule has 1 aliphatic rings. The maximum Gasteiger partial charge on any atom is 0.224 e. The third kappa shape index (κ3) is 2.44. The number of carbonyl (C=O) groups excluding carboxylic acids is 1. The van der Waals surface area contributed by atoms with E-state index < -0.39 is 0 Å². The fourth-order valence-electron chi connectivity index (χ4n) is 0.896. The first-order valence-corrected chi connectivity index (χ1v) is 5.03. The van der Waals surface area contributed by atoms with Crippen molar-refractivity contribution >= 4 is 17.9 Å². The van der Waals surface area contributed by atoms with Gasteiger partial charge in [0.25, 0.3) is 0 Å². The Balaban J connectivity index is 2.27. The zero-order valence-corrected chi connectivity index (χ0v) is 8.30. The first kappa shape index (κ1) is 9.45. The fraction of sp³-hybridized carbons (Fsp3) is 0.625. The van der Waals surface area contributed by atoms with Gasteiger partial charge in [-0.1, -0.05) is 6.92 Å². The fourth-order valence-corrected chi connectivity index (χ4v) is 1.66. The van der Waals surface area contributed by atoms with Crippen LogP contribution in [0.4, 0.5) is 0 Å². The summed E-state index contributed by atoms with van der Waals surface area (Å²) in [5.41, 5.74) is 0. The van der Waals surface area contributed by atoms with Crippen molar-refractivity contribution in [3.63, 3.8) is 0 Å². The van der Waals surface area contributed by atoms with Crippen LogP contribution in [0.3, 0.4) is 0 Å². The number of rotatable bonds is 3. The number of nitrogens with zero attached hydrogens (tertiary/aromatic N) is 2. The van der Waals surface area contributed by atoms with Gasteiger partial charge in [-0.15, -0.1) is 0 Å². The summed E-state index contributed by atoms with van der Waals surface area (Å²) in [5.74, 6) is 1.21. The predicted octanol–water partition coefficient (Wildman–Crippen LogP) is 1.64. The summed E-state index contributed by atoms with van der Waals surface area (Å²) in [5, 5.41) is 0. The maximum atomic E-state index is 10.9. The molecule has 0 aromatic rings. The minimum absolute atomic E-state index is 0.103. The van der Waals surface area contributed by atoms with Crippen molar-refractivity contribution in [2.75, 3.05) is 12.4 Å². The van der Waals surface area contributed by atoms with E-state index in [1.54, 1.807) is 23.8 Å². The lowest BCUT2D eigenvalue weighted by Crippen LogP contribution is -2.25. The first-order valence-electron chi connectivity index (χ1n) is 4.09. The van der Waals surface area contributed by atoms with Gasteiger partial charge in [-0.2, -0.15) is 0 Å². The molecule has 0 atom stereocenters. The van der Waals surface area contributed by atoms with Crippen molar-refractivity contribution in [3.05, 3.63) is 12.4 Å². The van der Waals surface area contributed by atoms with Crippen molar-refractivity contribution in [1.29, 1.82) is 0 Å². The molecule has 0 aromatic heterocycles. The Kier molecular flexibility index (Phi) is 3.47. The summed E-state index contributed by atoms with van der Waals surface area (Å²) in [4.78, 5) is 12.6. The van der Waals surface area contributed by atoms with E-state index in [0.717, 1.165) is 12.2 Å². The van der Waals surface area contributed by atoms with E-state index in [0.29, 0.717) is 6.67 Å². The standard InChI is InChI=1S/C8H14N2OS/c1-3-6-12-10-5-4-9(7-10)8(2)11/h4-5H,3,6-7H2,1-2H3. The highest BCUT2D eigenvalue weighted by atomic mass is 32.2. The Hall–Kier alpha value is -0.640. The van der Waals surface area contributed by atoms with Crippen LogP contribution < -0.4 is 0 Å². The molecule has 0 spiro atoms. The van der Waals surface area contributed by atoms with Crippen LogP contribution in [0.1, 0.15) is 20.3 Å². The van der Waals surface area contributed by atoms with Crippen LogP contribution in [0.5, 0.6) is 0 Å². The molecule has 1 heterocycles. The monoisotopic (exact) mass is 186 g/mol. The zero-order valence-electron chi connectivity index (χ0n) is 7.49. The van der Waals surface area contributed by atoms with Gasteiger partial charge in [0.05, 0.1) is 0 Å². The van der Waals surface area contributed by atoms with E-state index in [1.807, 2.05) is 12.4 Å². The second kappa shape index (κ2) is 4.40. The lowest BCUT2D eigenvalue weighted by molar-refractivity contribution is -0.126. The minimum atomic E-state index is 0.103. The summed E-state index contributed by atoms with van der Waals surface area (Å²) in [6.45, 7) is 4.42. The SMILES string of the molecule is CCCSN1C=CN(C(C)=O)C1. The van der Waals surface area contributed by atoms with Gasteiger partial charge in [0, 0.05) is 25.1 Å². The van der Waals surface area contributed by atoms with Gasteiger partial charge in [0.2, 0.25) is 5.91 Å². The van der Waals surface area contributed by atoms with Crippen LogP contribution in [0.25, 0.3) is 0 Å². The summed E-state index contributed by atoms with van der Waals surface area (Å²) >= 11 is 1.76. The topological polar surface area (TPSA) is 23.6 Å². The molecule has 0 bridgehead atoms. The van der Waals surface area contributed by atoms with Crippen LogP contribution in [0.15, 0.2) is 12.4 Å². The summed E-state index contributed by atoms with van der Waals surface area (Å²) < 4.78 is 2.07. The molecule has 0 radical (unpaired) electrons. The first-order chi connectivity index (χ1) is 5.74. The molecule has 4 heteroatoms. The molecule has 68 valence electrons. The highest BCUT2D eigenvalue weighted by molar-refractivity contribution is 7.97. The zero-order chi connectivity index (χ0) is 8.97. The molecule has 3 nitrogen and oxygen atoms in total. The average Bonchev–Trinajstić information content (AvgIpc) is 2.48. The number of hydrogen-bond donors (Lipinski definition) is 0. The van der Waals surface area contributed by atoms with Gasteiger partial charge < -0.3 is 4.31 Å². The second-order valence-electron chi connectivity index (χ2n) is 2.68. The molecule has 1 aliphatic heterocycles. The van der Waals surface area contributed by atoms with Gasteiger partial charge in [-0.05, 0) is 18.4 Å². The molecule has 0 aliphatic carbocycles. The molecular formula is C8H14N2OS. The molecule has 0 saturated carbocycles. The van der Waals surface area contributed by atoms with Crippen LogP contribution in [-0.2, 0) is 4.79 Å². The van der Waals surface area contributed by atoms with E-state index in [1.165, 1.54) is 0 Å². The third-order valence-corrected chi connectivity index (χ3v) is 2.73. The molecule has 1 rings (SSSR count). The van der Waals surface area contributed by atoms with E-state index in [4.69, 9.17) is 0 Å². The minimum Gasteiger partial charge on any atom is -0.302 e. The van der Waals surface area contributed by atoms with Crippen molar-refractivity contribution in [2.24, 2.45) is 0 Å². The van der Waals surface area contributed by atoms with Gasteiger partial charge >= 0.3 is 0 Å². The quantitative estimate of drug-likeness (QED) is 0.626. The number of carbonyl (C=O) groups is 1. The normalized spacial score (nSPS) is 15.8. The maximum absolute atomic E-state index is 10.9. The molecule has 12 heavy (non-hydrogen) atoms. The van der Waals surface area contributed by atoms with E-state index in [2.05, 4.69) is 11.2 Å². The molecule has 0 unspecified atom stereocenters. The van der Waals surface area contributed by atoms with Crippen LogP contribution in [0.2, 0.25) is 0 Å². The van der Waals surface area contributed by atoms with Crippen LogP contribution >= 0.6 is 11.9 Å². The van der Waals surface area contributed by atoms with Gasteiger partial charge in [0.15, 0.2) is 0 Å². The van der Waals surface area contributed by atoms with Gasteiger partial charge in [-0.3, -0.25) is 9.69 Å². The average molecular weight is 186 g/mol. The molecule has 1 amide bonds. The smallest absolute Gasteiger partial charge is 0.224 e. The van der Waals surface area contributed by atoms with E-state index in [9.17, 15) is 4.79 Å². The van der Waals surface area contributed by atoms with Crippen molar-refractivity contribution in [3.8, 4) is 0 Å². The molecule has 0 fully saturated rings. The molecule has 0 N–H and O–H groups in total. The molecular weight excluding hydrogens is 172 g/mol. The Bertz CT molecular complexity index is 193. The summed E-state index contributed by atoms with van der Waals surface area (Å²) in [7, 11) is 0. The molecule has 0 aromatic carbocycles. The van der Waals surface area contributed by atoms with E-state index >= 15 is 0 Å². The Morgan fingerprint density at radius 3 is 2.83 bits per heavy atom. The largest absolute Gasteiger partial charge is 0.302 e.